The molecule has 104 valence electrons. The van der Waals surface area contributed by atoms with Crippen LogP contribution in [0.2, 0.25) is 0 Å². The van der Waals surface area contributed by atoms with E-state index in [1.807, 2.05) is 33.0 Å². The van der Waals surface area contributed by atoms with Crippen LogP contribution in [0.25, 0.3) is 0 Å². The number of carbonyl (C=O) groups is 1. The lowest BCUT2D eigenvalue weighted by molar-refractivity contribution is -0.109. The molecule has 1 aromatic heterocycles. The molecule has 0 radical (unpaired) electrons. The van der Waals surface area contributed by atoms with Crippen LogP contribution < -0.4 is 5.32 Å². The number of aromatic nitrogens is 2. The zero-order valence-corrected chi connectivity index (χ0v) is 13.2. The first-order chi connectivity index (χ1) is 8.76. The molecule has 4 nitrogen and oxygen atoms in total. The number of rotatable bonds is 4. The Morgan fingerprint density at radius 3 is 2.50 bits per heavy atom. The van der Waals surface area contributed by atoms with Crippen LogP contribution in [0.1, 0.15) is 34.1 Å². The SMILES string of the molecule is CC.CCCNC=O.CCSC(=S)n1cccn1. The van der Waals surface area contributed by atoms with Crippen LogP contribution in [0, 0.1) is 0 Å². The molecule has 1 N–H and O–H groups in total. The molecule has 0 saturated carbocycles. The number of nitrogens with one attached hydrogen (secondary N) is 1. The molecule has 1 rings (SSSR count). The Morgan fingerprint density at radius 1 is 1.50 bits per heavy atom. The Bertz CT molecular complexity index is 290. The molecule has 0 spiro atoms. The summed E-state index contributed by atoms with van der Waals surface area (Å²) < 4.78 is 2.51. The molecule has 0 aliphatic carbocycles. The predicted octanol–water partition coefficient (Wildman–Crippen LogP) is 2.94. The van der Waals surface area contributed by atoms with Crippen molar-refractivity contribution in [3.8, 4) is 0 Å². The van der Waals surface area contributed by atoms with Gasteiger partial charge in [-0.05, 0) is 18.2 Å². The summed E-state index contributed by atoms with van der Waals surface area (Å²) in [6.07, 6.45) is 5.30. The number of thiocarbonyl (C=S) groups is 1. The van der Waals surface area contributed by atoms with Gasteiger partial charge in [0.25, 0.3) is 0 Å². The topological polar surface area (TPSA) is 46.9 Å². The molecule has 0 saturated heterocycles. The Balaban J connectivity index is 0. The summed E-state index contributed by atoms with van der Waals surface area (Å²) >= 11 is 6.66. The second-order valence-electron chi connectivity index (χ2n) is 2.72. The van der Waals surface area contributed by atoms with E-state index in [0.29, 0.717) is 6.41 Å². The molecule has 0 atom stereocenters. The number of nitrogens with zero attached hydrogens (tertiary/aromatic N) is 2. The molecule has 6 heteroatoms. The number of carbonyl (C=O) groups excluding carboxylic acids is 1. The van der Waals surface area contributed by atoms with E-state index in [2.05, 4.69) is 17.3 Å². The molecule has 0 aliphatic heterocycles. The maximum Gasteiger partial charge on any atom is 0.207 e. The normalized spacial score (nSPS) is 8.22. The van der Waals surface area contributed by atoms with Crippen molar-refractivity contribution >= 4 is 34.7 Å². The second kappa shape index (κ2) is 16.1. The lowest BCUT2D eigenvalue weighted by Crippen LogP contribution is -2.10. The smallest absolute Gasteiger partial charge is 0.207 e. The van der Waals surface area contributed by atoms with Gasteiger partial charge in [0, 0.05) is 18.9 Å². The number of hydrogen-bond donors (Lipinski definition) is 1. The first-order valence-electron chi connectivity index (χ1n) is 6.10. The Morgan fingerprint density at radius 2 is 2.17 bits per heavy atom. The Hall–Kier alpha value is -0.880. The lowest BCUT2D eigenvalue weighted by atomic mass is 10.5. The summed E-state index contributed by atoms with van der Waals surface area (Å²) in [7, 11) is 0. The van der Waals surface area contributed by atoms with Gasteiger partial charge < -0.3 is 5.32 Å². The van der Waals surface area contributed by atoms with E-state index in [0.717, 1.165) is 23.0 Å². The summed E-state index contributed by atoms with van der Waals surface area (Å²) in [5.41, 5.74) is 0. The van der Waals surface area contributed by atoms with Gasteiger partial charge in [0.1, 0.15) is 0 Å². The van der Waals surface area contributed by atoms with E-state index in [4.69, 9.17) is 12.2 Å². The third kappa shape index (κ3) is 11.6. The fourth-order valence-corrected chi connectivity index (χ4v) is 1.72. The van der Waals surface area contributed by atoms with Crippen LogP contribution in [0.4, 0.5) is 0 Å². The minimum atomic E-state index is 0.712. The van der Waals surface area contributed by atoms with Gasteiger partial charge in [-0.3, -0.25) is 4.79 Å². The Kier molecular flexibility index (Phi) is 17.4. The number of amides is 1. The number of thioether (sulfide) groups is 1. The molecule has 0 unspecified atom stereocenters. The van der Waals surface area contributed by atoms with E-state index in [-0.39, 0.29) is 0 Å². The molecule has 0 bridgehead atoms. The highest BCUT2D eigenvalue weighted by Crippen LogP contribution is 2.04. The molecule has 1 heterocycles. The second-order valence-corrected chi connectivity index (χ2v) is 4.62. The van der Waals surface area contributed by atoms with Gasteiger partial charge in [-0.1, -0.05) is 51.7 Å². The maximum absolute atomic E-state index is 9.45. The molecule has 0 fully saturated rings. The van der Waals surface area contributed by atoms with Gasteiger partial charge in [0.15, 0.2) is 4.32 Å². The third-order valence-electron chi connectivity index (χ3n) is 1.44. The van der Waals surface area contributed by atoms with E-state index in [1.165, 1.54) is 0 Å². The van der Waals surface area contributed by atoms with Gasteiger partial charge in [-0.2, -0.15) is 5.10 Å². The van der Waals surface area contributed by atoms with Crippen molar-refractivity contribution in [3.05, 3.63) is 18.5 Å². The molecular weight excluding hydrogens is 266 g/mol. The van der Waals surface area contributed by atoms with Crippen molar-refractivity contribution in [1.29, 1.82) is 0 Å². The van der Waals surface area contributed by atoms with Crippen molar-refractivity contribution in [2.45, 2.75) is 34.1 Å². The minimum Gasteiger partial charge on any atom is -0.359 e. The summed E-state index contributed by atoms with van der Waals surface area (Å²) in [6, 6.07) is 1.86. The molecule has 0 aromatic carbocycles. The first kappa shape index (κ1) is 19.5. The third-order valence-corrected chi connectivity index (χ3v) is 2.70. The highest BCUT2D eigenvalue weighted by molar-refractivity contribution is 8.22. The fraction of sp³-hybridized carbons (Fsp3) is 0.583. The van der Waals surface area contributed by atoms with E-state index in [1.54, 1.807) is 22.6 Å². The van der Waals surface area contributed by atoms with Crippen LogP contribution in [-0.4, -0.2) is 32.8 Å². The van der Waals surface area contributed by atoms with Crippen LogP contribution in [-0.2, 0) is 4.79 Å². The largest absolute Gasteiger partial charge is 0.359 e. The van der Waals surface area contributed by atoms with E-state index >= 15 is 0 Å². The molecule has 0 aliphatic rings. The summed E-state index contributed by atoms with van der Waals surface area (Å²) in [5, 5.41) is 6.51. The average molecular weight is 289 g/mol. The Labute approximate surface area is 120 Å². The van der Waals surface area contributed by atoms with Crippen molar-refractivity contribution in [1.82, 2.24) is 15.1 Å². The summed E-state index contributed by atoms with van der Waals surface area (Å²) in [4.78, 5) is 9.45. The first-order valence-corrected chi connectivity index (χ1v) is 7.49. The zero-order valence-electron chi connectivity index (χ0n) is 11.5. The predicted molar refractivity (Wildman–Crippen MR) is 84.1 cm³/mol. The van der Waals surface area contributed by atoms with Crippen molar-refractivity contribution in [2.75, 3.05) is 12.3 Å². The number of hydrogen-bond acceptors (Lipinski definition) is 4. The van der Waals surface area contributed by atoms with Crippen LogP contribution >= 0.6 is 24.0 Å². The molecule has 1 amide bonds. The lowest BCUT2D eigenvalue weighted by Gasteiger charge is -1.98. The highest BCUT2D eigenvalue weighted by atomic mass is 32.2. The van der Waals surface area contributed by atoms with Gasteiger partial charge in [0.05, 0.1) is 0 Å². The molecular formula is C12H23N3OS2. The van der Waals surface area contributed by atoms with Crippen LogP contribution in [0.15, 0.2) is 18.5 Å². The zero-order chi connectivity index (χ0) is 14.2. The monoisotopic (exact) mass is 289 g/mol. The molecule has 1 aromatic rings. The van der Waals surface area contributed by atoms with Crippen molar-refractivity contribution < 1.29 is 4.79 Å². The van der Waals surface area contributed by atoms with Gasteiger partial charge >= 0.3 is 0 Å². The van der Waals surface area contributed by atoms with Crippen molar-refractivity contribution in [2.24, 2.45) is 0 Å². The van der Waals surface area contributed by atoms with E-state index < -0.39 is 0 Å². The van der Waals surface area contributed by atoms with E-state index in [9.17, 15) is 4.79 Å². The van der Waals surface area contributed by atoms with Gasteiger partial charge in [0.2, 0.25) is 6.41 Å². The minimum absolute atomic E-state index is 0.712. The van der Waals surface area contributed by atoms with Crippen LogP contribution in [0.3, 0.4) is 0 Å². The summed E-state index contributed by atoms with van der Waals surface area (Å²) in [5.74, 6) is 0.999. The highest BCUT2D eigenvalue weighted by Gasteiger charge is 1.96. The molecule has 18 heavy (non-hydrogen) atoms. The average Bonchev–Trinajstić information content (AvgIpc) is 2.94. The van der Waals surface area contributed by atoms with Gasteiger partial charge in [-0.25, -0.2) is 4.68 Å². The fourth-order valence-electron chi connectivity index (χ4n) is 0.770. The quantitative estimate of drug-likeness (QED) is 0.526. The van der Waals surface area contributed by atoms with Crippen molar-refractivity contribution in [3.63, 3.8) is 0 Å². The maximum atomic E-state index is 9.45. The summed E-state index contributed by atoms with van der Waals surface area (Å²) in [6.45, 7) is 8.88. The standard InChI is InChI=1S/C6H8N2S2.C4H9NO.C2H6/c1-2-10-6(9)8-5-3-4-7-8;1-2-3-5-4-6;1-2/h3-5H,2H2,1H3;4H,2-3H2,1H3,(H,5,6);1-2H3. The van der Waals surface area contributed by atoms with Crippen LogP contribution in [0.5, 0.6) is 0 Å². The van der Waals surface area contributed by atoms with Gasteiger partial charge in [-0.15, -0.1) is 0 Å².